The first-order valence-corrected chi connectivity index (χ1v) is 6.80. The predicted octanol–water partition coefficient (Wildman–Crippen LogP) is 2.59. The summed E-state index contributed by atoms with van der Waals surface area (Å²) >= 11 is 6.35. The van der Waals surface area contributed by atoms with E-state index in [1.807, 2.05) is 11.7 Å². The minimum absolute atomic E-state index is 0.141. The van der Waals surface area contributed by atoms with Crippen LogP contribution in [0, 0.1) is 11.8 Å². The van der Waals surface area contributed by atoms with Crippen molar-refractivity contribution in [2.45, 2.75) is 45.6 Å². The van der Waals surface area contributed by atoms with Gasteiger partial charge in [-0.1, -0.05) is 25.4 Å². The van der Waals surface area contributed by atoms with Crippen molar-refractivity contribution in [1.29, 1.82) is 0 Å². The molecule has 17 heavy (non-hydrogen) atoms. The second kappa shape index (κ2) is 4.99. The number of aryl methyl sites for hydroxylation is 2. The zero-order valence-corrected chi connectivity index (χ0v) is 11.5. The molecule has 1 saturated carbocycles. The summed E-state index contributed by atoms with van der Waals surface area (Å²) in [5, 5.41) is 15.0. The zero-order valence-electron chi connectivity index (χ0n) is 10.8. The van der Waals surface area contributed by atoms with E-state index in [1.165, 1.54) is 0 Å². The Kier molecular flexibility index (Phi) is 3.79. The molecule has 1 aliphatic rings. The summed E-state index contributed by atoms with van der Waals surface area (Å²) < 4.78 is 1.90. The largest absolute Gasteiger partial charge is 0.393 e. The van der Waals surface area contributed by atoms with Gasteiger partial charge in [0.1, 0.15) is 0 Å². The van der Waals surface area contributed by atoms with Crippen molar-refractivity contribution in [1.82, 2.24) is 9.78 Å². The first kappa shape index (κ1) is 12.9. The van der Waals surface area contributed by atoms with Crippen molar-refractivity contribution >= 4 is 11.6 Å². The molecule has 3 nitrogen and oxygen atoms in total. The number of aliphatic hydroxyl groups is 1. The molecule has 0 bridgehead atoms. The van der Waals surface area contributed by atoms with Crippen LogP contribution in [0.4, 0.5) is 0 Å². The first-order valence-electron chi connectivity index (χ1n) is 6.42. The molecule has 0 radical (unpaired) electrons. The summed E-state index contributed by atoms with van der Waals surface area (Å²) in [5.74, 6) is 0.897. The second-order valence-corrected chi connectivity index (χ2v) is 5.53. The Hall–Kier alpha value is -0.540. The molecule has 0 saturated heterocycles. The number of hydrogen-bond acceptors (Lipinski definition) is 2. The number of hydrogen-bond donors (Lipinski definition) is 1. The third-order valence-electron chi connectivity index (χ3n) is 4.14. The number of rotatable bonds is 3. The van der Waals surface area contributed by atoms with E-state index in [1.54, 1.807) is 0 Å². The second-order valence-electron chi connectivity index (χ2n) is 5.15. The van der Waals surface area contributed by atoms with Crippen molar-refractivity contribution < 1.29 is 5.11 Å². The van der Waals surface area contributed by atoms with Crippen LogP contribution in [0.3, 0.4) is 0 Å². The van der Waals surface area contributed by atoms with Gasteiger partial charge in [-0.3, -0.25) is 4.68 Å². The van der Waals surface area contributed by atoms with E-state index in [-0.39, 0.29) is 6.10 Å². The average Bonchev–Trinajstić information content (AvgIpc) is 2.76. The highest BCUT2D eigenvalue weighted by Gasteiger charge is 2.32. The topological polar surface area (TPSA) is 38.0 Å². The summed E-state index contributed by atoms with van der Waals surface area (Å²) in [6.45, 7) is 4.20. The number of nitrogens with zero attached hydrogens (tertiary/aromatic N) is 2. The lowest BCUT2D eigenvalue weighted by molar-refractivity contribution is 0.127. The highest BCUT2D eigenvalue weighted by molar-refractivity contribution is 6.31. The Bertz CT molecular complexity index is 402. The molecule has 0 aromatic carbocycles. The van der Waals surface area contributed by atoms with E-state index >= 15 is 0 Å². The normalized spacial score (nSPS) is 28.9. The number of halogens is 1. The fraction of sp³-hybridized carbons (Fsp3) is 0.769. The van der Waals surface area contributed by atoms with E-state index < -0.39 is 0 Å². The molecule has 0 aliphatic heterocycles. The Labute approximate surface area is 108 Å². The van der Waals surface area contributed by atoms with Crippen molar-refractivity contribution in [3.8, 4) is 0 Å². The molecule has 3 atom stereocenters. The average molecular weight is 257 g/mol. The maximum absolute atomic E-state index is 9.78. The maximum atomic E-state index is 9.78. The smallest absolute Gasteiger partial charge is 0.0849 e. The Morgan fingerprint density at radius 3 is 2.65 bits per heavy atom. The van der Waals surface area contributed by atoms with E-state index in [9.17, 15) is 5.11 Å². The van der Waals surface area contributed by atoms with Gasteiger partial charge in [-0.05, 0) is 37.5 Å². The number of aromatic nitrogens is 2. The monoisotopic (exact) mass is 256 g/mol. The third-order valence-corrected chi connectivity index (χ3v) is 4.58. The summed E-state index contributed by atoms with van der Waals surface area (Å²) in [7, 11) is 1.95. The molecule has 4 heteroatoms. The number of aliphatic hydroxyl groups excluding tert-OH is 1. The van der Waals surface area contributed by atoms with Gasteiger partial charge in [0, 0.05) is 7.05 Å². The van der Waals surface area contributed by atoms with E-state index in [2.05, 4.69) is 18.9 Å². The molecule has 96 valence electrons. The van der Waals surface area contributed by atoms with Gasteiger partial charge >= 0.3 is 0 Å². The maximum Gasteiger partial charge on any atom is 0.0849 e. The summed E-state index contributed by atoms with van der Waals surface area (Å²) in [5.41, 5.74) is 2.10. The van der Waals surface area contributed by atoms with Crippen molar-refractivity contribution in [3.05, 3.63) is 16.4 Å². The van der Waals surface area contributed by atoms with Crippen LogP contribution in [0.25, 0.3) is 0 Å². The molecule has 1 heterocycles. The van der Waals surface area contributed by atoms with Crippen LogP contribution in [0.15, 0.2) is 0 Å². The van der Waals surface area contributed by atoms with Crippen molar-refractivity contribution in [3.63, 3.8) is 0 Å². The minimum atomic E-state index is -0.141. The van der Waals surface area contributed by atoms with Gasteiger partial charge in [-0.25, -0.2) is 0 Å². The van der Waals surface area contributed by atoms with Crippen molar-refractivity contribution in [2.24, 2.45) is 18.9 Å². The molecule has 1 aromatic rings. The highest BCUT2D eigenvalue weighted by Crippen LogP contribution is 2.35. The lowest BCUT2D eigenvalue weighted by Crippen LogP contribution is -2.18. The third kappa shape index (κ3) is 2.36. The van der Waals surface area contributed by atoms with Crippen LogP contribution < -0.4 is 0 Å². The lowest BCUT2D eigenvalue weighted by Gasteiger charge is -2.17. The molecule has 1 aliphatic carbocycles. The quantitative estimate of drug-likeness (QED) is 0.903. The highest BCUT2D eigenvalue weighted by atomic mass is 35.5. The molecular weight excluding hydrogens is 236 g/mol. The Morgan fingerprint density at radius 2 is 2.18 bits per heavy atom. The molecule has 3 unspecified atom stereocenters. The van der Waals surface area contributed by atoms with Gasteiger partial charge in [0.05, 0.1) is 22.5 Å². The summed E-state index contributed by atoms with van der Waals surface area (Å²) in [6, 6.07) is 0. The first-order chi connectivity index (χ1) is 8.04. The molecule has 1 fully saturated rings. The standard InChI is InChI=1S/C13H21ClN2O/c1-4-10-13(14)11(16(3)15-10)7-9-5-6-12(17)8(9)2/h8-9,12,17H,4-7H2,1-3H3. The summed E-state index contributed by atoms with van der Waals surface area (Å²) in [4.78, 5) is 0. The van der Waals surface area contributed by atoms with Gasteiger partial charge in [-0.2, -0.15) is 5.10 Å². The van der Waals surface area contributed by atoms with E-state index in [0.717, 1.165) is 42.1 Å². The Balaban J connectivity index is 2.16. The van der Waals surface area contributed by atoms with Gasteiger partial charge in [0.25, 0.3) is 0 Å². The summed E-state index contributed by atoms with van der Waals surface area (Å²) in [6.07, 6.45) is 3.67. The van der Waals surface area contributed by atoms with Crippen LogP contribution in [-0.2, 0) is 19.9 Å². The lowest BCUT2D eigenvalue weighted by atomic mass is 9.92. The predicted molar refractivity (Wildman–Crippen MR) is 69.2 cm³/mol. The minimum Gasteiger partial charge on any atom is -0.393 e. The van der Waals surface area contributed by atoms with Gasteiger partial charge in [0.2, 0.25) is 0 Å². The van der Waals surface area contributed by atoms with Crippen LogP contribution in [-0.4, -0.2) is 21.0 Å². The fourth-order valence-corrected chi connectivity index (χ4v) is 3.17. The molecule has 1 aromatic heterocycles. The Morgan fingerprint density at radius 1 is 1.47 bits per heavy atom. The molecular formula is C13H21ClN2O. The van der Waals surface area contributed by atoms with E-state index in [4.69, 9.17) is 11.6 Å². The molecule has 0 amide bonds. The van der Waals surface area contributed by atoms with Crippen LogP contribution in [0.1, 0.15) is 38.1 Å². The molecule has 0 spiro atoms. The van der Waals surface area contributed by atoms with Gasteiger partial charge in [-0.15, -0.1) is 0 Å². The van der Waals surface area contributed by atoms with Gasteiger partial charge in [0.15, 0.2) is 0 Å². The zero-order chi connectivity index (χ0) is 12.6. The van der Waals surface area contributed by atoms with Crippen LogP contribution in [0.5, 0.6) is 0 Å². The van der Waals surface area contributed by atoms with Crippen LogP contribution in [0.2, 0.25) is 5.02 Å². The van der Waals surface area contributed by atoms with E-state index in [0.29, 0.717) is 11.8 Å². The molecule has 2 rings (SSSR count). The van der Waals surface area contributed by atoms with Crippen LogP contribution >= 0.6 is 11.6 Å². The molecule has 1 N–H and O–H groups in total. The SMILES string of the molecule is CCc1nn(C)c(CC2CCC(O)C2C)c1Cl. The van der Waals surface area contributed by atoms with Crippen molar-refractivity contribution in [2.75, 3.05) is 0 Å². The van der Waals surface area contributed by atoms with Gasteiger partial charge < -0.3 is 5.11 Å². The fourth-order valence-electron chi connectivity index (χ4n) is 2.80.